The molecule has 0 radical (unpaired) electrons. The van der Waals surface area contributed by atoms with E-state index in [0.717, 1.165) is 44.0 Å². The van der Waals surface area contributed by atoms with Gasteiger partial charge in [-0.3, -0.25) is 9.69 Å². The van der Waals surface area contributed by atoms with Gasteiger partial charge in [0.1, 0.15) is 5.75 Å². The molecule has 5 heteroatoms. The average molecular weight is 328 g/mol. The molecule has 1 atom stereocenters. The van der Waals surface area contributed by atoms with Crippen LogP contribution in [0.5, 0.6) is 5.75 Å². The van der Waals surface area contributed by atoms with Crippen molar-refractivity contribution in [2.75, 3.05) is 26.2 Å². The summed E-state index contributed by atoms with van der Waals surface area (Å²) >= 11 is 1.79. The number of hydrogen-bond donors (Lipinski definition) is 0. The molecule has 1 aromatic carbocycles. The number of nitrogens with zero attached hydrogens (tertiary/aromatic N) is 2. The van der Waals surface area contributed by atoms with E-state index in [1.54, 1.807) is 11.3 Å². The molecular formula is C18H20N2O2S. The summed E-state index contributed by atoms with van der Waals surface area (Å²) < 4.78 is 5.83. The van der Waals surface area contributed by atoms with Crippen LogP contribution >= 0.6 is 11.3 Å². The first-order valence-corrected chi connectivity index (χ1v) is 8.95. The Hall–Kier alpha value is -1.85. The second-order valence-electron chi connectivity index (χ2n) is 6.10. The van der Waals surface area contributed by atoms with Crippen LogP contribution in [0.1, 0.15) is 10.4 Å². The van der Waals surface area contributed by atoms with Crippen molar-refractivity contribution in [3.05, 3.63) is 52.2 Å². The second-order valence-corrected chi connectivity index (χ2v) is 7.13. The number of benzene rings is 1. The van der Waals surface area contributed by atoms with E-state index in [4.69, 9.17) is 4.74 Å². The van der Waals surface area contributed by atoms with Crippen molar-refractivity contribution in [3.63, 3.8) is 0 Å². The van der Waals surface area contributed by atoms with Crippen LogP contribution in [0.3, 0.4) is 0 Å². The molecule has 0 N–H and O–H groups in total. The van der Waals surface area contributed by atoms with E-state index in [9.17, 15) is 4.79 Å². The van der Waals surface area contributed by atoms with E-state index in [2.05, 4.69) is 22.4 Å². The van der Waals surface area contributed by atoms with Gasteiger partial charge >= 0.3 is 0 Å². The standard InChI is InChI=1S/C18H20N2O2S/c21-18(17-12-14-4-1-2-6-16(14)22-17)20-9-7-19(8-10-20)13-15-5-3-11-23-15/h1-6,11,17H,7-10,12-13H2. The van der Waals surface area contributed by atoms with Gasteiger partial charge in [-0.25, -0.2) is 0 Å². The van der Waals surface area contributed by atoms with Crippen molar-refractivity contribution in [1.82, 2.24) is 9.80 Å². The quantitative estimate of drug-likeness (QED) is 0.867. The van der Waals surface area contributed by atoms with Gasteiger partial charge in [0.05, 0.1) is 0 Å². The molecule has 1 fully saturated rings. The van der Waals surface area contributed by atoms with Gasteiger partial charge in [-0.15, -0.1) is 11.3 Å². The van der Waals surface area contributed by atoms with Crippen molar-refractivity contribution in [1.29, 1.82) is 0 Å². The minimum atomic E-state index is -0.337. The molecule has 2 aliphatic heterocycles. The molecule has 4 nitrogen and oxygen atoms in total. The largest absolute Gasteiger partial charge is 0.480 e. The minimum Gasteiger partial charge on any atom is -0.480 e. The number of thiophene rings is 1. The Balaban J connectivity index is 1.31. The highest BCUT2D eigenvalue weighted by Crippen LogP contribution is 2.29. The summed E-state index contributed by atoms with van der Waals surface area (Å²) in [6.45, 7) is 4.44. The Bertz CT molecular complexity index is 653. The first-order valence-electron chi connectivity index (χ1n) is 8.08. The molecule has 23 heavy (non-hydrogen) atoms. The maximum absolute atomic E-state index is 12.7. The number of carbonyl (C=O) groups excluding carboxylic acids is 1. The predicted molar refractivity (Wildman–Crippen MR) is 90.7 cm³/mol. The molecule has 4 rings (SSSR count). The number of para-hydroxylation sites is 1. The summed E-state index contributed by atoms with van der Waals surface area (Å²) in [6, 6.07) is 12.2. The van der Waals surface area contributed by atoms with Crippen molar-refractivity contribution >= 4 is 17.2 Å². The molecule has 1 amide bonds. The summed E-state index contributed by atoms with van der Waals surface area (Å²) in [4.78, 5) is 18.4. The van der Waals surface area contributed by atoms with Gasteiger partial charge in [0.25, 0.3) is 5.91 Å². The Morgan fingerprint density at radius 1 is 1.13 bits per heavy atom. The van der Waals surface area contributed by atoms with Crippen LogP contribution in [0.25, 0.3) is 0 Å². The zero-order valence-electron chi connectivity index (χ0n) is 13.0. The normalized spacial score (nSPS) is 21.0. The monoisotopic (exact) mass is 328 g/mol. The number of rotatable bonds is 3. The van der Waals surface area contributed by atoms with Crippen LogP contribution in [0.2, 0.25) is 0 Å². The van der Waals surface area contributed by atoms with Gasteiger partial charge in [0.2, 0.25) is 0 Å². The van der Waals surface area contributed by atoms with Gasteiger partial charge in [0, 0.05) is 44.0 Å². The van der Waals surface area contributed by atoms with Crippen molar-refractivity contribution in [3.8, 4) is 5.75 Å². The van der Waals surface area contributed by atoms with Gasteiger partial charge in [0.15, 0.2) is 6.10 Å². The second kappa shape index (κ2) is 6.34. The van der Waals surface area contributed by atoms with Crippen LogP contribution in [0.15, 0.2) is 41.8 Å². The van der Waals surface area contributed by atoms with Gasteiger partial charge in [-0.2, -0.15) is 0 Å². The topological polar surface area (TPSA) is 32.8 Å². The molecular weight excluding hydrogens is 308 g/mol. The molecule has 2 aliphatic rings. The van der Waals surface area contributed by atoms with Crippen molar-refractivity contribution in [2.45, 2.75) is 19.1 Å². The predicted octanol–water partition coefficient (Wildman–Crippen LogP) is 2.40. The molecule has 1 aromatic heterocycles. The van der Waals surface area contributed by atoms with Crippen LogP contribution in [0.4, 0.5) is 0 Å². The summed E-state index contributed by atoms with van der Waals surface area (Å²) in [7, 11) is 0. The molecule has 120 valence electrons. The smallest absolute Gasteiger partial charge is 0.264 e. The number of ether oxygens (including phenoxy) is 1. The third kappa shape index (κ3) is 3.12. The lowest BCUT2D eigenvalue weighted by molar-refractivity contribution is -0.139. The molecule has 0 saturated carbocycles. The first kappa shape index (κ1) is 14.7. The third-order valence-corrected chi connectivity index (χ3v) is 5.43. The summed E-state index contributed by atoms with van der Waals surface area (Å²) in [5.41, 5.74) is 1.14. The molecule has 1 unspecified atom stereocenters. The number of hydrogen-bond acceptors (Lipinski definition) is 4. The van der Waals surface area contributed by atoms with Crippen LogP contribution in [-0.4, -0.2) is 48.0 Å². The average Bonchev–Trinajstić information content (AvgIpc) is 3.24. The maximum Gasteiger partial charge on any atom is 0.264 e. The van der Waals surface area contributed by atoms with Crippen molar-refractivity contribution in [2.24, 2.45) is 0 Å². The highest BCUT2D eigenvalue weighted by atomic mass is 32.1. The van der Waals surface area contributed by atoms with Gasteiger partial charge in [-0.1, -0.05) is 24.3 Å². The van der Waals surface area contributed by atoms with E-state index in [-0.39, 0.29) is 12.0 Å². The Morgan fingerprint density at radius 3 is 2.70 bits per heavy atom. The summed E-state index contributed by atoms with van der Waals surface area (Å²) in [5.74, 6) is 0.999. The van der Waals surface area contributed by atoms with E-state index >= 15 is 0 Å². The molecule has 1 saturated heterocycles. The summed E-state index contributed by atoms with van der Waals surface area (Å²) in [6.07, 6.45) is 0.362. The molecule has 0 bridgehead atoms. The van der Waals surface area contributed by atoms with E-state index in [0.29, 0.717) is 6.42 Å². The first-order chi connectivity index (χ1) is 11.3. The van der Waals surface area contributed by atoms with Crippen LogP contribution in [-0.2, 0) is 17.8 Å². The SMILES string of the molecule is O=C(C1Cc2ccccc2O1)N1CCN(Cc2cccs2)CC1. The molecule has 3 heterocycles. The highest BCUT2D eigenvalue weighted by molar-refractivity contribution is 7.09. The Kier molecular flexibility index (Phi) is 4.06. The summed E-state index contributed by atoms with van der Waals surface area (Å²) in [5, 5.41) is 2.12. The Labute approximate surface area is 140 Å². The highest BCUT2D eigenvalue weighted by Gasteiger charge is 2.33. The van der Waals surface area contributed by atoms with Crippen LogP contribution < -0.4 is 4.74 Å². The minimum absolute atomic E-state index is 0.136. The number of carbonyl (C=O) groups is 1. The lowest BCUT2D eigenvalue weighted by atomic mass is 10.1. The number of fused-ring (bicyclic) bond motifs is 1. The fourth-order valence-electron chi connectivity index (χ4n) is 3.27. The number of piperazine rings is 1. The zero-order valence-corrected chi connectivity index (χ0v) is 13.8. The fraction of sp³-hybridized carbons (Fsp3) is 0.389. The lowest BCUT2D eigenvalue weighted by Gasteiger charge is -2.35. The third-order valence-electron chi connectivity index (χ3n) is 4.57. The van der Waals surface area contributed by atoms with E-state index < -0.39 is 0 Å². The van der Waals surface area contributed by atoms with Crippen LogP contribution in [0, 0.1) is 0 Å². The van der Waals surface area contributed by atoms with Gasteiger partial charge < -0.3 is 9.64 Å². The van der Waals surface area contributed by atoms with E-state index in [1.807, 2.05) is 29.2 Å². The molecule has 0 spiro atoms. The van der Waals surface area contributed by atoms with Gasteiger partial charge in [-0.05, 0) is 23.1 Å². The fourth-order valence-corrected chi connectivity index (χ4v) is 4.02. The van der Waals surface area contributed by atoms with Crippen molar-refractivity contribution < 1.29 is 9.53 Å². The maximum atomic E-state index is 12.7. The Morgan fingerprint density at radius 2 is 1.96 bits per heavy atom. The molecule has 2 aromatic rings. The zero-order chi connectivity index (χ0) is 15.6. The molecule has 0 aliphatic carbocycles. The van der Waals surface area contributed by atoms with E-state index in [1.165, 1.54) is 4.88 Å². The number of amides is 1. The lowest BCUT2D eigenvalue weighted by Crippen LogP contribution is -2.51.